The van der Waals surface area contributed by atoms with E-state index in [1.165, 1.54) is 22.3 Å². The van der Waals surface area contributed by atoms with E-state index in [0.29, 0.717) is 48.4 Å². The van der Waals surface area contributed by atoms with Crippen LogP contribution in [0.3, 0.4) is 0 Å². The Kier molecular flexibility index (Phi) is 7.38. The van der Waals surface area contributed by atoms with Crippen LogP contribution in [0.5, 0.6) is 0 Å². The van der Waals surface area contributed by atoms with Crippen molar-refractivity contribution in [2.75, 3.05) is 25.0 Å². The van der Waals surface area contributed by atoms with Gasteiger partial charge < -0.3 is 14.0 Å². The molecule has 208 valence electrons. The summed E-state index contributed by atoms with van der Waals surface area (Å²) >= 11 is 1.45. The minimum absolute atomic E-state index is 0.103. The van der Waals surface area contributed by atoms with Crippen LogP contribution in [0.15, 0.2) is 35.1 Å². The molecular formula is C28H33N3O6S2. The summed E-state index contributed by atoms with van der Waals surface area (Å²) in [6.07, 6.45) is 3.90. The largest absolute Gasteiger partial charge is 0.458 e. The Hall–Kier alpha value is -2.73. The average Bonchev–Trinajstić information content (AvgIpc) is 3.26. The van der Waals surface area contributed by atoms with E-state index >= 15 is 0 Å². The number of fused-ring (bicyclic) bond motifs is 5. The van der Waals surface area contributed by atoms with E-state index in [-0.39, 0.29) is 24.1 Å². The third-order valence-electron chi connectivity index (χ3n) is 7.69. The summed E-state index contributed by atoms with van der Waals surface area (Å²) in [5, 5.41) is 0.934. The topological polar surface area (TPSA) is 108 Å². The van der Waals surface area contributed by atoms with Crippen LogP contribution in [0.4, 0.5) is 0 Å². The second kappa shape index (κ2) is 10.3. The quantitative estimate of drug-likeness (QED) is 0.221. The van der Waals surface area contributed by atoms with E-state index in [0.717, 1.165) is 22.0 Å². The third-order valence-corrected chi connectivity index (χ3v) is 9.50. The molecule has 0 radical (unpaired) electrons. The second-order valence-corrected chi connectivity index (χ2v) is 13.0. The molecule has 1 aromatic carbocycles. The van der Waals surface area contributed by atoms with E-state index in [9.17, 15) is 18.0 Å². The van der Waals surface area contributed by atoms with E-state index in [2.05, 4.69) is 0 Å². The number of para-hydroxylation sites is 1. The molecule has 0 fully saturated rings. The zero-order chi connectivity index (χ0) is 28.1. The minimum atomic E-state index is -3.40. The summed E-state index contributed by atoms with van der Waals surface area (Å²) in [5.41, 5.74) is 3.30. The minimum Gasteiger partial charge on any atom is -0.458 e. The molecule has 0 amide bonds. The number of rotatable bonds is 9. The van der Waals surface area contributed by atoms with Crippen LogP contribution in [0.2, 0.25) is 0 Å². The van der Waals surface area contributed by atoms with Crippen LogP contribution in [-0.4, -0.2) is 59.3 Å². The number of benzene rings is 1. The van der Waals surface area contributed by atoms with Gasteiger partial charge in [0.2, 0.25) is 10.0 Å². The zero-order valence-electron chi connectivity index (χ0n) is 22.8. The number of carbonyl (C=O) groups excluding carboxylic acids is 1. The third kappa shape index (κ3) is 4.59. The zero-order valence-corrected chi connectivity index (χ0v) is 24.4. The lowest BCUT2D eigenvalue weighted by atomic mass is 9.85. The van der Waals surface area contributed by atoms with Gasteiger partial charge in [-0.05, 0) is 50.6 Å². The van der Waals surface area contributed by atoms with Crippen molar-refractivity contribution in [3.8, 4) is 11.4 Å². The summed E-state index contributed by atoms with van der Waals surface area (Å²) in [4.78, 5) is 31.9. The number of hydrogen-bond acceptors (Lipinski definition) is 8. The molecule has 2 aromatic heterocycles. The van der Waals surface area contributed by atoms with Gasteiger partial charge in [-0.2, -0.15) is 4.31 Å². The molecule has 39 heavy (non-hydrogen) atoms. The number of ether oxygens (including phenoxy) is 2. The molecule has 0 saturated heterocycles. The van der Waals surface area contributed by atoms with Gasteiger partial charge in [-0.1, -0.05) is 25.1 Å². The van der Waals surface area contributed by atoms with Crippen LogP contribution in [0, 0.1) is 0 Å². The summed E-state index contributed by atoms with van der Waals surface area (Å²) in [7, 11) is -3.40. The SMILES string of the molecule is CC[C@@]1(OCSC)C(=O)OCc2c1cc1n(c2=O)Cc2c-1nc1ccccc1c2CCN(C(C)C)S(C)(=O)=O. The Morgan fingerprint density at radius 1 is 1.23 bits per heavy atom. The maximum absolute atomic E-state index is 13.8. The Bertz CT molecular complexity index is 1630. The molecule has 0 spiro atoms. The van der Waals surface area contributed by atoms with Crippen LogP contribution in [-0.2, 0) is 49.5 Å². The molecule has 0 bridgehead atoms. The van der Waals surface area contributed by atoms with E-state index in [1.54, 1.807) is 4.57 Å². The van der Waals surface area contributed by atoms with Crippen LogP contribution in [0.25, 0.3) is 22.3 Å². The van der Waals surface area contributed by atoms with Crippen molar-refractivity contribution in [2.45, 2.75) is 58.4 Å². The first-order valence-electron chi connectivity index (χ1n) is 13.0. The summed E-state index contributed by atoms with van der Waals surface area (Å²) in [6.45, 7) is 6.08. The Balaban J connectivity index is 1.69. The lowest BCUT2D eigenvalue weighted by molar-refractivity contribution is -0.177. The number of aromatic nitrogens is 2. The summed E-state index contributed by atoms with van der Waals surface area (Å²) in [5.74, 6) is -0.215. The monoisotopic (exact) mass is 571 g/mol. The van der Waals surface area contributed by atoms with Gasteiger partial charge in [0.1, 0.15) is 6.61 Å². The molecule has 2 aliphatic rings. The number of esters is 1. The fourth-order valence-corrected chi connectivity index (χ4v) is 7.32. The van der Waals surface area contributed by atoms with Crippen molar-refractivity contribution in [3.63, 3.8) is 0 Å². The number of sulfonamides is 1. The highest BCUT2D eigenvalue weighted by Crippen LogP contribution is 2.42. The van der Waals surface area contributed by atoms with Crippen LogP contribution < -0.4 is 5.56 Å². The Morgan fingerprint density at radius 2 is 1.97 bits per heavy atom. The number of pyridine rings is 2. The Labute approximate surface area is 232 Å². The molecule has 5 rings (SSSR count). The van der Waals surface area contributed by atoms with Gasteiger partial charge in [-0.25, -0.2) is 18.2 Å². The normalized spacial score (nSPS) is 18.4. The molecule has 0 aliphatic carbocycles. The number of hydrogen-bond donors (Lipinski definition) is 0. The van der Waals surface area contributed by atoms with Crippen molar-refractivity contribution >= 4 is 38.7 Å². The molecule has 11 heteroatoms. The van der Waals surface area contributed by atoms with Crippen LogP contribution in [0.1, 0.15) is 49.4 Å². The van der Waals surface area contributed by atoms with Gasteiger partial charge >= 0.3 is 5.97 Å². The van der Waals surface area contributed by atoms with Crippen molar-refractivity contribution in [2.24, 2.45) is 0 Å². The van der Waals surface area contributed by atoms with Crippen molar-refractivity contribution in [1.29, 1.82) is 0 Å². The summed E-state index contributed by atoms with van der Waals surface area (Å²) in [6, 6.07) is 9.44. The van der Waals surface area contributed by atoms with Crippen LogP contribution >= 0.6 is 11.8 Å². The average molecular weight is 572 g/mol. The van der Waals surface area contributed by atoms with E-state index in [4.69, 9.17) is 14.5 Å². The first-order chi connectivity index (χ1) is 18.5. The molecular weight excluding hydrogens is 538 g/mol. The number of carbonyl (C=O) groups is 1. The second-order valence-electron chi connectivity index (χ2n) is 10.3. The fourth-order valence-electron chi connectivity index (χ4n) is 5.81. The van der Waals surface area contributed by atoms with Gasteiger partial charge in [0.15, 0.2) is 5.60 Å². The van der Waals surface area contributed by atoms with Crippen molar-refractivity contribution in [3.05, 3.63) is 62.9 Å². The number of cyclic esters (lactones) is 1. The summed E-state index contributed by atoms with van der Waals surface area (Å²) < 4.78 is 39.7. The highest BCUT2D eigenvalue weighted by molar-refractivity contribution is 7.98. The highest BCUT2D eigenvalue weighted by atomic mass is 32.2. The smallest absolute Gasteiger partial charge is 0.343 e. The van der Waals surface area contributed by atoms with Gasteiger partial charge in [0.25, 0.3) is 5.56 Å². The van der Waals surface area contributed by atoms with Crippen molar-refractivity contribution in [1.82, 2.24) is 13.9 Å². The fraction of sp³-hybridized carbons (Fsp3) is 0.464. The number of thioether (sulfide) groups is 1. The standard InChI is InChI=1S/C28H33N3O6S2/c1-6-28(37-16-38-4)22-13-24-25-20(14-30(24)26(32)21(22)15-36-27(28)33)18(19-9-7-8-10-23(19)29-25)11-12-31(17(2)3)39(5,34)35/h7-10,13,17H,6,11-12,14-16H2,1-5H3/t28-/m0/s1. The molecule has 1 atom stereocenters. The van der Waals surface area contributed by atoms with Crippen molar-refractivity contribution < 1.29 is 22.7 Å². The lowest BCUT2D eigenvalue weighted by Crippen LogP contribution is -2.46. The first kappa shape index (κ1) is 27.8. The predicted molar refractivity (Wildman–Crippen MR) is 152 cm³/mol. The highest BCUT2D eigenvalue weighted by Gasteiger charge is 2.48. The molecule has 0 unspecified atom stereocenters. The van der Waals surface area contributed by atoms with Gasteiger partial charge in [-0.3, -0.25) is 4.79 Å². The molecule has 2 aliphatic heterocycles. The first-order valence-corrected chi connectivity index (χ1v) is 16.2. The maximum atomic E-state index is 13.8. The van der Waals surface area contributed by atoms with E-state index in [1.807, 2.05) is 57.4 Å². The van der Waals surface area contributed by atoms with Gasteiger partial charge in [0, 0.05) is 29.1 Å². The molecule has 0 N–H and O–H groups in total. The lowest BCUT2D eigenvalue weighted by Gasteiger charge is -2.36. The van der Waals surface area contributed by atoms with Gasteiger partial charge in [0.05, 0.1) is 41.2 Å². The van der Waals surface area contributed by atoms with Gasteiger partial charge in [-0.15, -0.1) is 11.8 Å². The predicted octanol–water partition coefficient (Wildman–Crippen LogP) is 3.64. The number of nitrogens with zero attached hydrogens (tertiary/aromatic N) is 3. The Morgan fingerprint density at radius 3 is 2.64 bits per heavy atom. The molecule has 0 saturated carbocycles. The molecule has 9 nitrogen and oxygen atoms in total. The van der Waals surface area contributed by atoms with E-state index < -0.39 is 21.6 Å². The molecule has 4 heterocycles. The maximum Gasteiger partial charge on any atom is 0.343 e. The molecule has 3 aromatic rings.